The summed E-state index contributed by atoms with van der Waals surface area (Å²) in [5.74, 6) is 0. The van der Waals surface area contributed by atoms with Gasteiger partial charge in [-0.2, -0.15) is 0 Å². The van der Waals surface area contributed by atoms with Crippen LogP contribution in [-0.4, -0.2) is 11.2 Å². The summed E-state index contributed by atoms with van der Waals surface area (Å²) in [6, 6.07) is 18.1. The minimum absolute atomic E-state index is 0.601. The third-order valence-electron chi connectivity index (χ3n) is 4.09. The van der Waals surface area contributed by atoms with Crippen LogP contribution in [0.25, 0.3) is 0 Å². The lowest BCUT2D eigenvalue weighted by atomic mass is 9.95. The predicted molar refractivity (Wildman–Crippen MR) is 87.3 cm³/mol. The lowest BCUT2D eigenvalue weighted by Gasteiger charge is -2.24. The quantitative estimate of drug-likeness (QED) is 0.778. The van der Waals surface area contributed by atoms with Gasteiger partial charge in [0.1, 0.15) is 0 Å². The van der Waals surface area contributed by atoms with E-state index in [0.29, 0.717) is 6.04 Å². The Morgan fingerprint density at radius 1 is 0.810 bits per heavy atom. The van der Waals surface area contributed by atoms with Crippen LogP contribution in [0.5, 0.6) is 0 Å². The van der Waals surface area contributed by atoms with Crippen molar-refractivity contribution >= 4 is 17.1 Å². The van der Waals surface area contributed by atoms with Crippen molar-refractivity contribution in [3.8, 4) is 0 Å². The molecule has 2 aromatic carbocycles. The molecule has 0 unspecified atom stereocenters. The van der Waals surface area contributed by atoms with Gasteiger partial charge >= 0.3 is 0 Å². The second kappa shape index (κ2) is 6.64. The van der Waals surface area contributed by atoms with E-state index in [0.717, 1.165) is 17.1 Å². The fraction of sp³-hybridized carbons (Fsp3) is 0.333. The van der Waals surface area contributed by atoms with Crippen molar-refractivity contribution in [3.63, 3.8) is 0 Å². The first kappa shape index (κ1) is 14.0. The van der Waals surface area contributed by atoms with Gasteiger partial charge in [0.2, 0.25) is 0 Å². The van der Waals surface area contributed by atoms with Crippen LogP contribution in [0, 0.1) is 0 Å². The molecule has 1 saturated carbocycles. The Morgan fingerprint density at radius 3 is 2.10 bits per heavy atom. The van der Waals surface area contributed by atoms with Gasteiger partial charge in [0, 0.05) is 11.7 Å². The van der Waals surface area contributed by atoms with E-state index in [4.69, 9.17) is 0 Å². The van der Waals surface area contributed by atoms with Gasteiger partial charge in [0.05, 0.1) is 11.4 Å². The van der Waals surface area contributed by atoms with Gasteiger partial charge in [0.15, 0.2) is 0 Å². The molecule has 2 aromatic rings. The van der Waals surface area contributed by atoms with Gasteiger partial charge in [-0.3, -0.25) is 5.21 Å². The average Bonchev–Trinajstić information content (AvgIpc) is 2.57. The molecule has 1 aliphatic carbocycles. The molecule has 21 heavy (non-hydrogen) atoms. The second-order valence-corrected chi connectivity index (χ2v) is 5.67. The Labute approximate surface area is 126 Å². The third kappa shape index (κ3) is 3.56. The van der Waals surface area contributed by atoms with E-state index in [1.54, 1.807) is 0 Å². The molecule has 0 spiro atoms. The number of para-hydroxylation sites is 1. The van der Waals surface area contributed by atoms with Crippen LogP contribution in [0.3, 0.4) is 0 Å². The summed E-state index contributed by atoms with van der Waals surface area (Å²) in [6.07, 6.45) is 6.55. The van der Waals surface area contributed by atoms with E-state index in [-0.39, 0.29) is 0 Å². The van der Waals surface area contributed by atoms with Crippen molar-refractivity contribution in [2.24, 2.45) is 0 Å². The largest absolute Gasteiger partial charge is 0.382 e. The number of nitrogens with one attached hydrogen (secondary N) is 1. The van der Waals surface area contributed by atoms with E-state index in [1.165, 1.54) is 37.2 Å². The van der Waals surface area contributed by atoms with Crippen LogP contribution >= 0.6 is 0 Å². The zero-order valence-electron chi connectivity index (χ0n) is 12.2. The molecule has 3 nitrogen and oxygen atoms in total. The Balaban J connectivity index is 1.66. The Bertz CT molecular complexity index is 547. The molecule has 3 heteroatoms. The molecule has 0 amide bonds. The van der Waals surface area contributed by atoms with Gasteiger partial charge in [-0.15, -0.1) is 0 Å². The predicted octanol–water partition coefficient (Wildman–Crippen LogP) is 4.96. The van der Waals surface area contributed by atoms with E-state index in [9.17, 15) is 5.21 Å². The van der Waals surface area contributed by atoms with Crippen molar-refractivity contribution in [1.29, 1.82) is 0 Å². The normalized spacial score (nSPS) is 15.7. The van der Waals surface area contributed by atoms with Crippen LogP contribution in [0.4, 0.5) is 17.1 Å². The number of hydrogen-bond donors (Lipinski definition) is 2. The topological polar surface area (TPSA) is 35.5 Å². The summed E-state index contributed by atoms with van der Waals surface area (Å²) in [7, 11) is 0. The monoisotopic (exact) mass is 282 g/mol. The fourth-order valence-electron chi connectivity index (χ4n) is 2.90. The van der Waals surface area contributed by atoms with Gasteiger partial charge in [-0.1, -0.05) is 37.5 Å². The number of hydrogen-bond acceptors (Lipinski definition) is 3. The number of benzene rings is 2. The molecule has 0 radical (unpaired) electrons. The van der Waals surface area contributed by atoms with Crippen molar-refractivity contribution < 1.29 is 5.21 Å². The molecule has 0 aromatic heterocycles. The van der Waals surface area contributed by atoms with Crippen LogP contribution < -0.4 is 10.4 Å². The molecular weight excluding hydrogens is 260 g/mol. The number of anilines is 3. The van der Waals surface area contributed by atoms with Crippen molar-refractivity contribution in [2.75, 3.05) is 10.4 Å². The second-order valence-electron chi connectivity index (χ2n) is 5.67. The van der Waals surface area contributed by atoms with Crippen molar-refractivity contribution in [2.45, 2.75) is 38.1 Å². The van der Waals surface area contributed by atoms with Crippen LogP contribution in [0.1, 0.15) is 32.1 Å². The van der Waals surface area contributed by atoms with Gasteiger partial charge in [-0.05, 0) is 49.2 Å². The van der Waals surface area contributed by atoms with Crippen molar-refractivity contribution in [1.82, 2.24) is 0 Å². The molecule has 0 saturated heterocycles. The van der Waals surface area contributed by atoms with Gasteiger partial charge < -0.3 is 5.32 Å². The zero-order valence-corrected chi connectivity index (χ0v) is 12.2. The molecule has 2 N–H and O–H groups in total. The van der Waals surface area contributed by atoms with E-state index in [1.807, 2.05) is 54.6 Å². The molecule has 0 bridgehead atoms. The Hall–Kier alpha value is -2.00. The van der Waals surface area contributed by atoms with E-state index in [2.05, 4.69) is 5.32 Å². The van der Waals surface area contributed by atoms with Crippen LogP contribution in [0.2, 0.25) is 0 Å². The summed E-state index contributed by atoms with van der Waals surface area (Å²) in [4.78, 5) is 0. The van der Waals surface area contributed by atoms with E-state index >= 15 is 0 Å². The first-order valence-corrected chi connectivity index (χ1v) is 7.73. The zero-order chi connectivity index (χ0) is 14.5. The first-order chi connectivity index (χ1) is 10.3. The SMILES string of the molecule is ON(c1ccccc1)c1ccc(NC2CCCCC2)cc1. The molecule has 0 heterocycles. The lowest BCUT2D eigenvalue weighted by molar-refractivity contribution is 0.301. The minimum atomic E-state index is 0.601. The highest BCUT2D eigenvalue weighted by Crippen LogP contribution is 2.26. The highest BCUT2D eigenvalue weighted by atomic mass is 16.5. The molecule has 1 aliphatic rings. The third-order valence-corrected chi connectivity index (χ3v) is 4.09. The highest BCUT2D eigenvalue weighted by Gasteiger charge is 2.13. The maximum atomic E-state index is 10.2. The summed E-state index contributed by atoms with van der Waals surface area (Å²) >= 11 is 0. The summed E-state index contributed by atoms with van der Waals surface area (Å²) < 4.78 is 0. The summed E-state index contributed by atoms with van der Waals surface area (Å²) in [6.45, 7) is 0. The summed E-state index contributed by atoms with van der Waals surface area (Å²) in [5.41, 5.74) is 2.67. The molecule has 110 valence electrons. The Morgan fingerprint density at radius 2 is 1.43 bits per heavy atom. The van der Waals surface area contributed by atoms with Crippen LogP contribution in [0.15, 0.2) is 54.6 Å². The van der Waals surface area contributed by atoms with E-state index < -0.39 is 0 Å². The highest BCUT2D eigenvalue weighted by molar-refractivity contribution is 5.62. The summed E-state index contributed by atoms with van der Waals surface area (Å²) in [5, 5.41) is 15.0. The minimum Gasteiger partial charge on any atom is -0.382 e. The van der Waals surface area contributed by atoms with Crippen molar-refractivity contribution in [3.05, 3.63) is 54.6 Å². The molecular formula is C18H22N2O. The number of rotatable bonds is 4. The molecule has 0 aliphatic heterocycles. The maximum Gasteiger partial charge on any atom is 0.0694 e. The lowest BCUT2D eigenvalue weighted by Crippen LogP contribution is -2.22. The molecule has 1 fully saturated rings. The fourth-order valence-corrected chi connectivity index (χ4v) is 2.90. The smallest absolute Gasteiger partial charge is 0.0694 e. The average molecular weight is 282 g/mol. The van der Waals surface area contributed by atoms with Crippen LogP contribution in [-0.2, 0) is 0 Å². The number of nitrogens with zero attached hydrogens (tertiary/aromatic N) is 1. The standard InChI is InChI=1S/C18H22N2O/c21-20(17-9-5-2-6-10-17)18-13-11-16(12-14-18)19-15-7-3-1-4-8-15/h2,5-6,9-15,19,21H,1,3-4,7-8H2. The molecule has 0 atom stereocenters. The Kier molecular flexibility index (Phi) is 4.41. The molecule has 3 rings (SSSR count). The van der Waals surface area contributed by atoms with Gasteiger partial charge in [-0.25, -0.2) is 5.06 Å². The van der Waals surface area contributed by atoms with Gasteiger partial charge in [0.25, 0.3) is 0 Å². The maximum absolute atomic E-state index is 10.2. The first-order valence-electron chi connectivity index (χ1n) is 7.73.